The van der Waals surface area contributed by atoms with Gasteiger partial charge in [0.2, 0.25) is 0 Å². The maximum Gasteiger partial charge on any atom is 0.406 e. The van der Waals surface area contributed by atoms with E-state index in [2.05, 4.69) is 0 Å². The monoisotopic (exact) mass is 528 g/mol. The van der Waals surface area contributed by atoms with Gasteiger partial charge in [-0.1, -0.05) is 36.4 Å². The zero-order valence-electron chi connectivity index (χ0n) is 20.5. The summed E-state index contributed by atoms with van der Waals surface area (Å²) in [4.78, 5) is 0. The lowest BCUT2D eigenvalue weighted by atomic mass is 9.68. The lowest BCUT2D eigenvalue weighted by Crippen LogP contribution is -2.44. The fourth-order valence-electron chi connectivity index (χ4n) is 4.45. The van der Waals surface area contributed by atoms with E-state index in [0.29, 0.717) is 56.9 Å². The topological polar surface area (TPSA) is 65.3 Å². The van der Waals surface area contributed by atoms with Crippen LogP contribution in [0.25, 0.3) is 0 Å². The van der Waals surface area contributed by atoms with Crippen LogP contribution >= 0.6 is 0 Å². The molecule has 3 atom stereocenters. The fourth-order valence-corrected chi connectivity index (χ4v) is 4.45. The summed E-state index contributed by atoms with van der Waals surface area (Å²) < 4.78 is 78.6. The maximum atomic E-state index is 15.4. The number of epoxide rings is 3. The van der Waals surface area contributed by atoms with Crippen molar-refractivity contribution in [3.8, 4) is 17.2 Å². The van der Waals surface area contributed by atoms with E-state index in [4.69, 9.17) is 28.4 Å². The minimum atomic E-state index is -4.67. The number of hydrogen-bond donors (Lipinski definition) is 0. The molecule has 0 aromatic heterocycles. The predicted octanol–water partition coefficient (Wildman–Crippen LogP) is 4.92. The van der Waals surface area contributed by atoms with Gasteiger partial charge in [0.15, 0.2) is 0 Å². The summed E-state index contributed by atoms with van der Waals surface area (Å²) in [6.45, 7) is 3.00. The molecule has 0 saturated carbocycles. The average molecular weight is 529 g/mol. The van der Waals surface area contributed by atoms with Crippen LogP contribution in [-0.4, -0.2) is 64.1 Å². The highest BCUT2D eigenvalue weighted by Gasteiger charge is 2.58. The summed E-state index contributed by atoms with van der Waals surface area (Å²) in [6.07, 6.45) is -4.54. The van der Waals surface area contributed by atoms with Gasteiger partial charge >= 0.3 is 6.18 Å². The highest BCUT2D eigenvalue weighted by atomic mass is 19.4. The van der Waals surface area contributed by atoms with Crippen molar-refractivity contribution in [1.29, 1.82) is 0 Å². The molecule has 3 fully saturated rings. The van der Waals surface area contributed by atoms with Gasteiger partial charge in [0, 0.05) is 0 Å². The summed E-state index contributed by atoms with van der Waals surface area (Å²) in [6, 6.07) is 18.2. The normalized spacial score (nSPS) is 23.3. The van der Waals surface area contributed by atoms with Crippen LogP contribution in [0.4, 0.5) is 13.2 Å². The minimum absolute atomic E-state index is 0.0448. The Morgan fingerprint density at radius 3 is 1.00 bits per heavy atom. The van der Waals surface area contributed by atoms with Gasteiger partial charge in [-0.05, 0) is 53.1 Å². The second-order valence-corrected chi connectivity index (χ2v) is 9.62. The average Bonchev–Trinajstić information content (AvgIpc) is 3.75. The molecule has 0 bridgehead atoms. The van der Waals surface area contributed by atoms with Crippen LogP contribution in [0.5, 0.6) is 17.2 Å². The van der Waals surface area contributed by atoms with E-state index in [1.54, 1.807) is 36.4 Å². The number of hydrogen-bond acceptors (Lipinski definition) is 6. The zero-order valence-corrected chi connectivity index (χ0v) is 20.5. The molecular weight excluding hydrogens is 501 g/mol. The van der Waals surface area contributed by atoms with E-state index < -0.39 is 11.6 Å². The van der Waals surface area contributed by atoms with E-state index >= 15 is 13.2 Å². The van der Waals surface area contributed by atoms with Crippen molar-refractivity contribution < 1.29 is 41.6 Å². The molecule has 6 nitrogen and oxygen atoms in total. The van der Waals surface area contributed by atoms with Crippen LogP contribution in [-0.2, 0) is 19.6 Å². The van der Waals surface area contributed by atoms with Gasteiger partial charge in [0.25, 0.3) is 0 Å². The van der Waals surface area contributed by atoms with Crippen LogP contribution in [0.2, 0.25) is 0 Å². The van der Waals surface area contributed by atoms with Gasteiger partial charge in [-0.25, -0.2) is 0 Å². The third kappa shape index (κ3) is 5.45. The largest absolute Gasteiger partial charge is 0.491 e. The summed E-state index contributed by atoms with van der Waals surface area (Å²) in [5, 5.41) is 0. The third-order valence-corrected chi connectivity index (χ3v) is 6.80. The number of benzene rings is 3. The van der Waals surface area contributed by atoms with Crippen molar-refractivity contribution in [2.45, 2.75) is 29.9 Å². The number of alkyl halides is 3. The van der Waals surface area contributed by atoms with Gasteiger partial charge in [-0.15, -0.1) is 0 Å². The van der Waals surface area contributed by atoms with Crippen LogP contribution in [0, 0.1) is 0 Å². The molecule has 38 heavy (non-hydrogen) atoms. The minimum Gasteiger partial charge on any atom is -0.491 e. The van der Waals surface area contributed by atoms with Crippen molar-refractivity contribution >= 4 is 0 Å². The summed E-state index contributed by atoms with van der Waals surface area (Å²) >= 11 is 0. The lowest BCUT2D eigenvalue weighted by molar-refractivity contribution is -0.166. The molecule has 6 rings (SSSR count). The Hall–Kier alpha value is -3.27. The predicted molar refractivity (Wildman–Crippen MR) is 131 cm³/mol. The molecule has 3 heterocycles. The smallest absolute Gasteiger partial charge is 0.406 e. The highest BCUT2D eigenvalue weighted by Crippen LogP contribution is 2.52. The number of ether oxygens (including phenoxy) is 6. The molecule has 9 heteroatoms. The first-order valence-electron chi connectivity index (χ1n) is 12.5. The second-order valence-electron chi connectivity index (χ2n) is 9.62. The fraction of sp³-hybridized carbons (Fsp3) is 0.379. The molecule has 3 aromatic carbocycles. The molecule has 0 amide bonds. The first-order valence-corrected chi connectivity index (χ1v) is 12.5. The first-order chi connectivity index (χ1) is 18.4. The Balaban J connectivity index is 1.36. The molecule has 0 N–H and O–H groups in total. The molecule has 200 valence electrons. The van der Waals surface area contributed by atoms with Gasteiger partial charge in [0.05, 0.1) is 19.8 Å². The van der Waals surface area contributed by atoms with Crippen molar-refractivity contribution in [2.75, 3.05) is 39.6 Å². The van der Waals surface area contributed by atoms with Crippen molar-refractivity contribution in [3.05, 3.63) is 89.5 Å². The van der Waals surface area contributed by atoms with Crippen molar-refractivity contribution in [1.82, 2.24) is 0 Å². The van der Waals surface area contributed by atoms with Crippen LogP contribution in [0.1, 0.15) is 16.7 Å². The van der Waals surface area contributed by atoms with Crippen molar-refractivity contribution in [2.24, 2.45) is 0 Å². The standard InChI is InChI=1S/C29H27F3O6/c30-29(31,32)28(19-1-7-22(8-2-19)33-13-25-16-36-25,20-3-9-23(10-4-20)34-14-26-17-37-26)21-5-11-24(12-6-21)35-15-27-18-38-27/h1-12,25-27H,13-18H2. The van der Waals surface area contributed by atoms with Crippen LogP contribution in [0.15, 0.2) is 72.8 Å². The van der Waals surface area contributed by atoms with Crippen LogP contribution in [0.3, 0.4) is 0 Å². The van der Waals surface area contributed by atoms with Gasteiger partial charge < -0.3 is 28.4 Å². The van der Waals surface area contributed by atoms with Gasteiger partial charge in [-0.3, -0.25) is 0 Å². The zero-order chi connectivity index (χ0) is 26.2. The summed E-state index contributed by atoms with van der Waals surface area (Å²) in [7, 11) is 0. The van der Waals surface area contributed by atoms with Gasteiger partial charge in [0.1, 0.15) is 60.8 Å². The molecule has 3 aliphatic rings. The Bertz CT molecular complexity index is 1070. The lowest BCUT2D eigenvalue weighted by Gasteiger charge is -2.37. The Morgan fingerprint density at radius 1 is 0.526 bits per heavy atom. The quantitative estimate of drug-likeness (QED) is 0.246. The Morgan fingerprint density at radius 2 is 0.789 bits per heavy atom. The van der Waals surface area contributed by atoms with E-state index in [-0.39, 0.29) is 35.0 Å². The molecule has 0 radical (unpaired) electrons. The van der Waals surface area contributed by atoms with Crippen molar-refractivity contribution in [3.63, 3.8) is 0 Å². The molecule has 3 aromatic rings. The van der Waals surface area contributed by atoms with Crippen LogP contribution < -0.4 is 14.2 Å². The first kappa shape index (κ1) is 25.0. The molecular formula is C29H27F3O6. The van der Waals surface area contributed by atoms with E-state index in [1.807, 2.05) is 0 Å². The molecule has 3 saturated heterocycles. The third-order valence-electron chi connectivity index (χ3n) is 6.80. The maximum absolute atomic E-state index is 15.4. The van der Waals surface area contributed by atoms with E-state index in [9.17, 15) is 0 Å². The Labute approximate surface area is 218 Å². The van der Waals surface area contributed by atoms with E-state index in [0.717, 1.165) is 0 Å². The van der Waals surface area contributed by atoms with E-state index in [1.165, 1.54) is 36.4 Å². The highest BCUT2D eigenvalue weighted by molar-refractivity contribution is 5.55. The summed E-state index contributed by atoms with van der Waals surface area (Å²) in [5.74, 6) is 1.45. The number of halogens is 3. The number of rotatable bonds is 12. The second kappa shape index (κ2) is 10.1. The molecule has 0 spiro atoms. The Kier molecular flexibility index (Phi) is 6.67. The molecule has 3 unspecified atom stereocenters. The van der Waals surface area contributed by atoms with Gasteiger partial charge in [-0.2, -0.15) is 13.2 Å². The molecule has 0 aliphatic carbocycles. The SMILES string of the molecule is FC(F)(F)C(c1ccc(OCC2CO2)cc1)(c1ccc(OCC2CO2)cc1)c1ccc(OCC2CO2)cc1. The summed E-state index contributed by atoms with van der Waals surface area (Å²) in [5.41, 5.74) is -2.23. The molecule has 3 aliphatic heterocycles.